The molecule has 2 rings (SSSR count). The van der Waals surface area contributed by atoms with Crippen LogP contribution in [0.3, 0.4) is 0 Å². The van der Waals surface area contributed by atoms with Gasteiger partial charge in [0.05, 0.1) is 0 Å². The van der Waals surface area contributed by atoms with Gasteiger partial charge in [-0.15, -0.1) is 0 Å². The molecular formula is C10H13NOS. The first-order valence-corrected chi connectivity index (χ1v) is 5.46. The molecule has 0 saturated heterocycles. The van der Waals surface area contributed by atoms with Crippen LogP contribution in [-0.2, 0) is 11.2 Å². The zero-order valence-electron chi connectivity index (χ0n) is 7.45. The minimum absolute atomic E-state index is 0.137. The second-order valence-corrected chi connectivity index (χ2v) is 4.50. The quantitative estimate of drug-likeness (QED) is 0.793. The maximum absolute atomic E-state index is 11.8. The summed E-state index contributed by atoms with van der Waals surface area (Å²) >= 11 is 1.64. The Morgan fingerprint density at radius 2 is 2.38 bits per heavy atom. The molecule has 1 fully saturated rings. The lowest BCUT2D eigenvalue weighted by molar-refractivity contribution is -0.123. The molecule has 0 spiro atoms. The van der Waals surface area contributed by atoms with Crippen molar-refractivity contribution in [1.82, 2.24) is 0 Å². The molecule has 0 unspecified atom stereocenters. The molecule has 1 saturated carbocycles. The van der Waals surface area contributed by atoms with E-state index in [0.717, 1.165) is 18.4 Å². The van der Waals surface area contributed by atoms with E-state index in [1.165, 1.54) is 0 Å². The molecule has 1 aliphatic rings. The number of rotatable bonds is 4. The van der Waals surface area contributed by atoms with Crippen molar-refractivity contribution in [1.29, 1.82) is 0 Å². The van der Waals surface area contributed by atoms with Gasteiger partial charge < -0.3 is 5.73 Å². The van der Waals surface area contributed by atoms with Gasteiger partial charge >= 0.3 is 0 Å². The average molecular weight is 195 g/mol. The molecule has 0 amide bonds. The largest absolute Gasteiger partial charge is 0.329 e. The summed E-state index contributed by atoms with van der Waals surface area (Å²) in [6.45, 7) is 0.524. The molecular weight excluding hydrogens is 182 g/mol. The fraction of sp³-hybridized carbons (Fsp3) is 0.500. The summed E-state index contributed by atoms with van der Waals surface area (Å²) in [6, 6.07) is 2.01. The molecule has 13 heavy (non-hydrogen) atoms. The normalized spacial score (nSPS) is 18.5. The topological polar surface area (TPSA) is 43.1 Å². The molecule has 70 valence electrons. The second kappa shape index (κ2) is 3.24. The zero-order valence-corrected chi connectivity index (χ0v) is 8.27. The number of nitrogens with two attached hydrogens (primary N) is 1. The van der Waals surface area contributed by atoms with Crippen LogP contribution in [-0.4, -0.2) is 12.3 Å². The predicted octanol–water partition coefficient (Wildman–Crippen LogP) is 1.60. The van der Waals surface area contributed by atoms with Gasteiger partial charge in [0.1, 0.15) is 5.78 Å². The lowest BCUT2D eigenvalue weighted by atomic mass is 9.96. The summed E-state index contributed by atoms with van der Waals surface area (Å²) in [6.07, 6.45) is 2.56. The van der Waals surface area contributed by atoms with Gasteiger partial charge in [-0.2, -0.15) is 11.3 Å². The van der Waals surface area contributed by atoms with Gasteiger partial charge in [-0.25, -0.2) is 0 Å². The summed E-state index contributed by atoms with van der Waals surface area (Å²) in [5.74, 6) is 0.327. The highest BCUT2D eigenvalue weighted by atomic mass is 32.1. The highest BCUT2D eigenvalue weighted by Crippen LogP contribution is 2.46. The van der Waals surface area contributed by atoms with Gasteiger partial charge in [-0.3, -0.25) is 4.79 Å². The van der Waals surface area contributed by atoms with Gasteiger partial charge in [0.25, 0.3) is 0 Å². The maximum Gasteiger partial charge on any atom is 0.144 e. The van der Waals surface area contributed by atoms with E-state index >= 15 is 0 Å². The summed E-state index contributed by atoms with van der Waals surface area (Å²) < 4.78 is 0. The fourth-order valence-corrected chi connectivity index (χ4v) is 2.18. The van der Waals surface area contributed by atoms with E-state index in [9.17, 15) is 4.79 Å². The fourth-order valence-electron chi connectivity index (χ4n) is 1.51. The van der Waals surface area contributed by atoms with E-state index in [-0.39, 0.29) is 5.41 Å². The summed E-state index contributed by atoms with van der Waals surface area (Å²) in [7, 11) is 0. The Labute approximate surface area is 81.8 Å². The number of hydrogen-bond acceptors (Lipinski definition) is 3. The van der Waals surface area contributed by atoms with Crippen molar-refractivity contribution >= 4 is 17.1 Å². The van der Waals surface area contributed by atoms with Gasteiger partial charge in [-0.05, 0) is 35.2 Å². The molecule has 1 aromatic rings. The Morgan fingerprint density at radius 3 is 2.85 bits per heavy atom. The van der Waals surface area contributed by atoms with Crippen molar-refractivity contribution in [2.45, 2.75) is 19.3 Å². The molecule has 0 aliphatic heterocycles. The first kappa shape index (κ1) is 8.91. The van der Waals surface area contributed by atoms with E-state index in [0.29, 0.717) is 18.7 Å². The monoisotopic (exact) mass is 195 g/mol. The van der Waals surface area contributed by atoms with Crippen LogP contribution in [0.1, 0.15) is 18.4 Å². The average Bonchev–Trinajstić information content (AvgIpc) is 2.79. The van der Waals surface area contributed by atoms with Crippen molar-refractivity contribution in [2.75, 3.05) is 6.54 Å². The lowest BCUT2D eigenvalue weighted by Crippen LogP contribution is -2.26. The summed E-state index contributed by atoms with van der Waals surface area (Å²) in [5, 5.41) is 4.04. The van der Waals surface area contributed by atoms with Crippen LogP contribution in [0.2, 0.25) is 0 Å². The van der Waals surface area contributed by atoms with Crippen LogP contribution in [0.5, 0.6) is 0 Å². The number of ketones is 1. The van der Waals surface area contributed by atoms with Crippen LogP contribution in [0.15, 0.2) is 16.8 Å². The van der Waals surface area contributed by atoms with Crippen molar-refractivity contribution in [3.63, 3.8) is 0 Å². The molecule has 1 aromatic heterocycles. The van der Waals surface area contributed by atoms with Crippen LogP contribution >= 0.6 is 11.3 Å². The highest BCUT2D eigenvalue weighted by molar-refractivity contribution is 7.07. The standard InChI is InChI=1S/C10H13NOS/c11-7-10(2-3-10)9(12)5-8-1-4-13-6-8/h1,4,6H,2-3,5,7,11H2. The molecule has 1 aliphatic carbocycles. The Balaban J connectivity index is 2.00. The number of carbonyl (C=O) groups is 1. The number of Topliss-reactive ketones (excluding diaryl/α,β-unsaturated/α-hetero) is 1. The third kappa shape index (κ3) is 1.67. The van der Waals surface area contributed by atoms with E-state index in [1.807, 2.05) is 16.8 Å². The van der Waals surface area contributed by atoms with Crippen molar-refractivity contribution in [3.8, 4) is 0 Å². The minimum atomic E-state index is -0.137. The first-order chi connectivity index (χ1) is 6.27. The van der Waals surface area contributed by atoms with Gasteiger partial charge in [0, 0.05) is 18.4 Å². The maximum atomic E-state index is 11.8. The summed E-state index contributed by atoms with van der Waals surface area (Å²) in [4.78, 5) is 11.8. The Morgan fingerprint density at radius 1 is 1.62 bits per heavy atom. The van der Waals surface area contributed by atoms with E-state index in [2.05, 4.69) is 0 Å². The van der Waals surface area contributed by atoms with Crippen LogP contribution in [0.25, 0.3) is 0 Å². The number of thiophene rings is 1. The third-order valence-corrected chi connectivity index (χ3v) is 3.51. The molecule has 0 bridgehead atoms. The first-order valence-electron chi connectivity index (χ1n) is 4.51. The number of carbonyl (C=O) groups excluding carboxylic acids is 1. The van der Waals surface area contributed by atoms with Crippen LogP contribution in [0.4, 0.5) is 0 Å². The van der Waals surface area contributed by atoms with Crippen molar-refractivity contribution in [3.05, 3.63) is 22.4 Å². The second-order valence-electron chi connectivity index (χ2n) is 3.72. The van der Waals surface area contributed by atoms with Crippen LogP contribution in [0, 0.1) is 5.41 Å². The molecule has 3 heteroatoms. The zero-order chi connectivity index (χ0) is 9.31. The molecule has 1 heterocycles. The highest BCUT2D eigenvalue weighted by Gasteiger charge is 2.47. The predicted molar refractivity (Wildman–Crippen MR) is 53.8 cm³/mol. The van der Waals surface area contributed by atoms with Gasteiger partial charge in [0.15, 0.2) is 0 Å². The third-order valence-electron chi connectivity index (χ3n) is 2.78. The van der Waals surface area contributed by atoms with Gasteiger partial charge in [0.2, 0.25) is 0 Å². The van der Waals surface area contributed by atoms with Crippen molar-refractivity contribution < 1.29 is 4.79 Å². The van der Waals surface area contributed by atoms with Crippen molar-refractivity contribution in [2.24, 2.45) is 11.1 Å². The molecule has 2 N–H and O–H groups in total. The Bertz CT molecular complexity index is 301. The van der Waals surface area contributed by atoms with Gasteiger partial charge in [-0.1, -0.05) is 0 Å². The lowest BCUT2D eigenvalue weighted by Gasteiger charge is -2.09. The van der Waals surface area contributed by atoms with E-state index in [1.54, 1.807) is 11.3 Å². The smallest absolute Gasteiger partial charge is 0.144 e. The molecule has 2 nitrogen and oxygen atoms in total. The van der Waals surface area contributed by atoms with E-state index < -0.39 is 0 Å². The Kier molecular flexibility index (Phi) is 2.22. The van der Waals surface area contributed by atoms with E-state index in [4.69, 9.17) is 5.73 Å². The molecule has 0 radical (unpaired) electrons. The molecule has 0 atom stereocenters. The Hall–Kier alpha value is -0.670. The minimum Gasteiger partial charge on any atom is -0.329 e. The summed E-state index contributed by atoms with van der Waals surface area (Å²) in [5.41, 5.74) is 6.58. The van der Waals surface area contributed by atoms with Crippen LogP contribution < -0.4 is 5.73 Å². The number of hydrogen-bond donors (Lipinski definition) is 1. The SMILES string of the molecule is NCC1(C(=O)Cc2ccsc2)CC1. The molecule has 0 aromatic carbocycles.